The van der Waals surface area contributed by atoms with Gasteiger partial charge in [0.25, 0.3) is 0 Å². The van der Waals surface area contributed by atoms with Crippen LogP contribution in [0.5, 0.6) is 5.75 Å². The molecule has 2 atom stereocenters. The Bertz CT molecular complexity index is 646. The predicted molar refractivity (Wildman–Crippen MR) is 89.5 cm³/mol. The fourth-order valence-electron chi connectivity index (χ4n) is 2.35. The molecule has 2 N–H and O–H groups in total. The van der Waals surface area contributed by atoms with Gasteiger partial charge in [-0.25, -0.2) is 4.79 Å². The second kappa shape index (κ2) is 8.01. The number of aromatic nitrogens is 1. The Kier molecular flexibility index (Phi) is 6.04. The number of halogens is 1. The van der Waals surface area contributed by atoms with Crippen molar-refractivity contribution >= 4 is 22.0 Å². The van der Waals surface area contributed by atoms with Crippen molar-refractivity contribution < 1.29 is 19.2 Å². The van der Waals surface area contributed by atoms with Gasteiger partial charge in [0.2, 0.25) is 0 Å². The van der Waals surface area contributed by atoms with Gasteiger partial charge in [-0.1, -0.05) is 28.0 Å². The molecule has 1 aromatic heterocycles. The number of benzene rings is 1. The lowest BCUT2D eigenvalue weighted by molar-refractivity contribution is 0.185. The van der Waals surface area contributed by atoms with E-state index in [1.165, 1.54) is 0 Å². The van der Waals surface area contributed by atoms with Crippen molar-refractivity contribution in [2.24, 2.45) is 5.92 Å². The van der Waals surface area contributed by atoms with E-state index in [9.17, 15) is 4.79 Å². The molecule has 0 aliphatic rings. The summed E-state index contributed by atoms with van der Waals surface area (Å²) in [5.41, 5.74) is 0.820. The highest BCUT2D eigenvalue weighted by Crippen LogP contribution is 2.33. The first kappa shape index (κ1) is 17.3. The molecular weight excluding hydrogens is 364 g/mol. The van der Waals surface area contributed by atoms with Gasteiger partial charge in [0.05, 0.1) is 18.4 Å². The van der Waals surface area contributed by atoms with Crippen molar-refractivity contribution in [3.63, 3.8) is 0 Å². The molecule has 1 heterocycles. The lowest BCUT2D eigenvalue weighted by atomic mass is 10.0. The van der Waals surface area contributed by atoms with Crippen LogP contribution in [0.25, 0.3) is 11.3 Å². The molecule has 0 saturated heterocycles. The molecule has 23 heavy (non-hydrogen) atoms. The molecule has 0 aliphatic heterocycles. The zero-order valence-electron chi connectivity index (χ0n) is 13.0. The largest absolute Gasteiger partial charge is 0.493 e. The van der Waals surface area contributed by atoms with Crippen LogP contribution in [0.4, 0.5) is 4.79 Å². The molecule has 2 rings (SSSR count). The molecule has 6 nitrogen and oxygen atoms in total. The van der Waals surface area contributed by atoms with Crippen molar-refractivity contribution in [2.45, 2.75) is 26.3 Å². The van der Waals surface area contributed by atoms with Gasteiger partial charge < -0.3 is 19.7 Å². The van der Waals surface area contributed by atoms with E-state index in [4.69, 9.17) is 14.4 Å². The lowest BCUT2D eigenvalue weighted by Gasteiger charge is -2.18. The summed E-state index contributed by atoms with van der Waals surface area (Å²) in [7, 11) is 0. The third kappa shape index (κ3) is 5.28. The summed E-state index contributed by atoms with van der Waals surface area (Å²) in [5, 5.41) is 14.9. The molecule has 0 saturated carbocycles. The Labute approximate surface area is 142 Å². The Morgan fingerprint density at radius 3 is 2.87 bits per heavy atom. The summed E-state index contributed by atoms with van der Waals surface area (Å²) < 4.78 is 12.0. The van der Waals surface area contributed by atoms with Crippen LogP contribution in [0, 0.1) is 5.92 Å². The molecule has 124 valence electrons. The number of amides is 1. The van der Waals surface area contributed by atoms with Crippen LogP contribution in [0.15, 0.2) is 39.5 Å². The van der Waals surface area contributed by atoms with Gasteiger partial charge >= 0.3 is 6.09 Å². The number of carbonyl (C=O) groups is 1. The molecule has 0 bridgehead atoms. The number of nitrogens with zero attached hydrogens (tertiary/aromatic N) is 1. The summed E-state index contributed by atoms with van der Waals surface area (Å²) in [5.74, 6) is 1.54. The van der Waals surface area contributed by atoms with Gasteiger partial charge in [0, 0.05) is 16.6 Å². The third-order valence-electron chi connectivity index (χ3n) is 3.29. The maximum Gasteiger partial charge on any atom is 0.404 e. The molecule has 1 unspecified atom stereocenters. The highest BCUT2D eigenvalue weighted by Gasteiger charge is 2.14. The van der Waals surface area contributed by atoms with Gasteiger partial charge in [-0.05, 0) is 37.5 Å². The van der Waals surface area contributed by atoms with Crippen LogP contribution in [-0.4, -0.2) is 29.0 Å². The van der Waals surface area contributed by atoms with Crippen molar-refractivity contribution in [1.29, 1.82) is 0 Å². The normalized spacial score (nSPS) is 13.3. The van der Waals surface area contributed by atoms with Crippen molar-refractivity contribution in [3.8, 4) is 17.1 Å². The highest BCUT2D eigenvalue weighted by atomic mass is 79.9. The van der Waals surface area contributed by atoms with E-state index in [1.807, 2.05) is 32.0 Å². The van der Waals surface area contributed by atoms with Crippen molar-refractivity contribution in [2.75, 3.05) is 6.61 Å². The molecule has 0 aliphatic carbocycles. The second-order valence-electron chi connectivity index (χ2n) is 5.52. The lowest BCUT2D eigenvalue weighted by Crippen LogP contribution is -2.33. The van der Waals surface area contributed by atoms with Crippen LogP contribution in [0.1, 0.15) is 20.3 Å². The molecule has 2 aromatic rings. The van der Waals surface area contributed by atoms with E-state index in [0.29, 0.717) is 24.5 Å². The van der Waals surface area contributed by atoms with Crippen LogP contribution < -0.4 is 10.1 Å². The fourth-order valence-corrected chi connectivity index (χ4v) is 2.71. The fraction of sp³-hybridized carbons (Fsp3) is 0.375. The summed E-state index contributed by atoms with van der Waals surface area (Å²) in [6.07, 6.45) is 1.27. The summed E-state index contributed by atoms with van der Waals surface area (Å²) in [4.78, 5) is 10.6. The van der Waals surface area contributed by atoms with Crippen LogP contribution >= 0.6 is 15.9 Å². The minimum Gasteiger partial charge on any atom is -0.493 e. The number of rotatable bonds is 7. The quantitative estimate of drug-likeness (QED) is 0.750. The van der Waals surface area contributed by atoms with E-state index in [1.54, 1.807) is 12.3 Å². The topological polar surface area (TPSA) is 84.6 Å². The van der Waals surface area contributed by atoms with Crippen molar-refractivity contribution in [3.05, 3.63) is 34.9 Å². The second-order valence-corrected chi connectivity index (χ2v) is 6.44. The van der Waals surface area contributed by atoms with Gasteiger partial charge in [-0.2, -0.15) is 0 Å². The monoisotopic (exact) mass is 382 g/mol. The first-order chi connectivity index (χ1) is 11.0. The first-order valence-corrected chi connectivity index (χ1v) is 8.08. The smallest absolute Gasteiger partial charge is 0.404 e. The summed E-state index contributed by atoms with van der Waals surface area (Å²) in [6.45, 7) is 4.34. The minimum atomic E-state index is -1.01. The highest BCUT2D eigenvalue weighted by molar-refractivity contribution is 9.10. The van der Waals surface area contributed by atoms with Gasteiger partial charge in [-0.15, -0.1) is 0 Å². The Hall–Kier alpha value is -2.02. The van der Waals surface area contributed by atoms with Crippen molar-refractivity contribution in [1.82, 2.24) is 10.5 Å². The predicted octanol–water partition coefficient (Wildman–Crippen LogP) is 4.17. The Morgan fingerprint density at radius 2 is 2.22 bits per heavy atom. The van der Waals surface area contributed by atoms with Crippen LogP contribution in [0.3, 0.4) is 0 Å². The zero-order chi connectivity index (χ0) is 16.8. The summed E-state index contributed by atoms with van der Waals surface area (Å²) >= 11 is 3.44. The Morgan fingerprint density at radius 1 is 1.43 bits per heavy atom. The standard InChI is InChI=1S/C16H19BrN2O4/c1-10(7-11(2)19-16(20)21)9-22-14-4-3-12(17)8-13(14)15-5-6-18-23-15/h3-6,8,10-11,19H,7,9H2,1-2H3,(H,20,21)/t10-,11?/m0/s1. The zero-order valence-corrected chi connectivity index (χ0v) is 14.5. The molecule has 0 spiro atoms. The number of nitrogens with one attached hydrogen (secondary N) is 1. The molecular formula is C16H19BrN2O4. The van der Waals surface area contributed by atoms with E-state index in [-0.39, 0.29) is 12.0 Å². The van der Waals surface area contributed by atoms with Gasteiger partial charge in [0.1, 0.15) is 5.75 Å². The maximum absolute atomic E-state index is 10.6. The van der Waals surface area contributed by atoms with Crippen LogP contribution in [-0.2, 0) is 0 Å². The van der Waals surface area contributed by atoms with E-state index < -0.39 is 6.09 Å². The molecule has 0 fully saturated rings. The average molecular weight is 383 g/mol. The first-order valence-electron chi connectivity index (χ1n) is 7.28. The minimum absolute atomic E-state index is 0.121. The summed E-state index contributed by atoms with van der Waals surface area (Å²) in [6, 6.07) is 7.33. The number of hydrogen-bond acceptors (Lipinski definition) is 4. The molecule has 1 aromatic carbocycles. The van der Waals surface area contributed by atoms with E-state index in [2.05, 4.69) is 26.4 Å². The number of ether oxygens (including phenoxy) is 1. The molecule has 0 radical (unpaired) electrons. The maximum atomic E-state index is 10.6. The number of carboxylic acid groups (broad SMARTS) is 1. The van der Waals surface area contributed by atoms with Gasteiger partial charge in [-0.3, -0.25) is 0 Å². The number of hydrogen-bond donors (Lipinski definition) is 2. The van der Waals surface area contributed by atoms with Gasteiger partial charge in [0.15, 0.2) is 5.76 Å². The molecule has 1 amide bonds. The third-order valence-corrected chi connectivity index (χ3v) is 3.79. The van der Waals surface area contributed by atoms with E-state index >= 15 is 0 Å². The average Bonchev–Trinajstić information content (AvgIpc) is 2.98. The molecule has 7 heteroatoms. The SMILES string of the molecule is CC(C[C@H](C)COc1ccc(Br)cc1-c1ccno1)NC(=O)O. The van der Waals surface area contributed by atoms with E-state index in [0.717, 1.165) is 10.0 Å². The van der Waals surface area contributed by atoms with Crippen LogP contribution in [0.2, 0.25) is 0 Å². The Balaban J connectivity index is 1.99.